The average molecular weight is 431 g/mol. The molecule has 0 aliphatic rings. The smallest absolute Gasteiger partial charge is 0.326 e. The van der Waals surface area contributed by atoms with Crippen molar-refractivity contribution in [2.75, 3.05) is 6.54 Å². The van der Waals surface area contributed by atoms with Gasteiger partial charge in [0.25, 0.3) is 0 Å². The highest BCUT2D eigenvalue weighted by atomic mass is 16.4. The molecule has 0 heterocycles. The minimum Gasteiger partial charge on any atom is -0.481 e. The normalized spacial score (nSPS) is 13.6. The van der Waals surface area contributed by atoms with Crippen molar-refractivity contribution in [2.24, 2.45) is 17.4 Å². The van der Waals surface area contributed by atoms with Gasteiger partial charge in [-0.05, 0) is 18.8 Å². The molecule has 4 amide bonds. The summed E-state index contributed by atoms with van der Waals surface area (Å²) in [5.41, 5.74) is 10.3. The van der Waals surface area contributed by atoms with Crippen LogP contribution >= 0.6 is 0 Å². The van der Waals surface area contributed by atoms with E-state index in [1.54, 1.807) is 13.8 Å². The van der Waals surface area contributed by atoms with Crippen molar-refractivity contribution in [1.82, 2.24) is 16.0 Å². The summed E-state index contributed by atoms with van der Waals surface area (Å²) < 4.78 is 0. The minimum absolute atomic E-state index is 0.177. The second kappa shape index (κ2) is 13.1. The first kappa shape index (κ1) is 26.8. The number of carbonyl (C=O) groups is 6. The van der Waals surface area contributed by atoms with Gasteiger partial charge in [0.2, 0.25) is 23.6 Å². The van der Waals surface area contributed by atoms with Crippen molar-refractivity contribution in [3.63, 3.8) is 0 Å². The highest BCUT2D eigenvalue weighted by Crippen LogP contribution is 2.06. The van der Waals surface area contributed by atoms with Crippen LogP contribution in [0.15, 0.2) is 0 Å². The van der Waals surface area contributed by atoms with Crippen LogP contribution in [-0.4, -0.2) is 70.5 Å². The number of hydrogen-bond donors (Lipinski definition) is 7. The topological polar surface area (TPSA) is 231 Å². The maximum atomic E-state index is 12.6. The zero-order valence-corrected chi connectivity index (χ0v) is 16.8. The molecule has 0 saturated heterocycles. The van der Waals surface area contributed by atoms with Crippen LogP contribution in [0, 0.1) is 5.92 Å². The van der Waals surface area contributed by atoms with E-state index in [2.05, 4.69) is 16.0 Å². The molecule has 0 aromatic carbocycles. The van der Waals surface area contributed by atoms with Gasteiger partial charge in [0.05, 0.1) is 6.54 Å². The van der Waals surface area contributed by atoms with E-state index >= 15 is 0 Å². The fourth-order valence-corrected chi connectivity index (χ4v) is 2.39. The molecule has 0 aliphatic heterocycles. The fourth-order valence-electron chi connectivity index (χ4n) is 2.39. The van der Waals surface area contributed by atoms with Crippen LogP contribution in [0.25, 0.3) is 0 Å². The Labute approximate surface area is 172 Å². The standard InChI is InChI=1S/C17H29N5O8/c1-8(2)14(17(29)30)22-16(28)10(4-6-13(25)26)21-15(27)9(3-5-11(19)23)20-12(24)7-18/h8-10,14H,3-7,18H2,1-2H3,(H2,19,23)(H,20,24)(H,21,27)(H,22,28)(H,25,26)(H,29,30). The van der Waals surface area contributed by atoms with Crippen molar-refractivity contribution >= 4 is 35.6 Å². The average Bonchev–Trinajstić information content (AvgIpc) is 2.64. The van der Waals surface area contributed by atoms with Gasteiger partial charge in [-0.2, -0.15) is 0 Å². The van der Waals surface area contributed by atoms with Crippen molar-refractivity contribution < 1.29 is 39.0 Å². The predicted molar refractivity (Wildman–Crippen MR) is 103 cm³/mol. The Morgan fingerprint density at radius 1 is 0.833 bits per heavy atom. The van der Waals surface area contributed by atoms with Crippen LogP contribution in [-0.2, 0) is 28.8 Å². The third kappa shape index (κ3) is 10.4. The van der Waals surface area contributed by atoms with Crippen LogP contribution in [0.4, 0.5) is 0 Å². The zero-order valence-electron chi connectivity index (χ0n) is 16.8. The third-order valence-electron chi connectivity index (χ3n) is 4.03. The monoisotopic (exact) mass is 431 g/mol. The summed E-state index contributed by atoms with van der Waals surface area (Å²) in [7, 11) is 0. The Morgan fingerprint density at radius 2 is 1.33 bits per heavy atom. The highest BCUT2D eigenvalue weighted by molar-refractivity contribution is 5.94. The number of carboxylic acid groups (broad SMARTS) is 2. The van der Waals surface area contributed by atoms with Crippen molar-refractivity contribution in [3.8, 4) is 0 Å². The van der Waals surface area contributed by atoms with Crippen molar-refractivity contribution in [1.29, 1.82) is 0 Å². The van der Waals surface area contributed by atoms with E-state index < -0.39 is 72.6 Å². The van der Waals surface area contributed by atoms with Crippen LogP contribution < -0.4 is 27.4 Å². The lowest BCUT2D eigenvalue weighted by Gasteiger charge is -2.25. The largest absolute Gasteiger partial charge is 0.481 e. The molecule has 13 nitrogen and oxygen atoms in total. The first-order valence-electron chi connectivity index (χ1n) is 9.22. The van der Waals surface area contributed by atoms with Gasteiger partial charge in [0.1, 0.15) is 18.1 Å². The van der Waals surface area contributed by atoms with Crippen LogP contribution in [0.5, 0.6) is 0 Å². The predicted octanol–water partition coefficient (Wildman–Crippen LogP) is -2.73. The van der Waals surface area contributed by atoms with Gasteiger partial charge in [-0.15, -0.1) is 0 Å². The van der Waals surface area contributed by atoms with Gasteiger partial charge in [-0.3, -0.25) is 24.0 Å². The van der Waals surface area contributed by atoms with Crippen LogP contribution in [0.1, 0.15) is 39.5 Å². The molecule has 0 fully saturated rings. The first-order chi connectivity index (χ1) is 13.9. The molecule has 13 heteroatoms. The van der Waals surface area contributed by atoms with E-state index in [4.69, 9.17) is 16.6 Å². The van der Waals surface area contributed by atoms with Gasteiger partial charge in [0.15, 0.2) is 0 Å². The molecule has 0 spiro atoms. The molecule has 0 bridgehead atoms. The van der Waals surface area contributed by atoms with E-state index in [1.807, 2.05) is 0 Å². The van der Waals surface area contributed by atoms with E-state index in [9.17, 15) is 33.9 Å². The number of nitrogens with one attached hydrogen (secondary N) is 3. The van der Waals surface area contributed by atoms with Crippen LogP contribution in [0.3, 0.4) is 0 Å². The molecular weight excluding hydrogens is 402 g/mol. The number of carbonyl (C=O) groups excluding carboxylic acids is 4. The molecule has 3 atom stereocenters. The SMILES string of the molecule is CC(C)C(NC(=O)C(CCC(=O)O)NC(=O)C(CCC(N)=O)NC(=O)CN)C(=O)O. The molecule has 9 N–H and O–H groups in total. The Hall–Kier alpha value is -3.22. The summed E-state index contributed by atoms with van der Waals surface area (Å²) >= 11 is 0. The van der Waals surface area contributed by atoms with E-state index in [0.29, 0.717) is 0 Å². The summed E-state index contributed by atoms with van der Waals surface area (Å²) in [4.78, 5) is 69.8. The zero-order chi connectivity index (χ0) is 23.4. The number of rotatable bonds is 14. The first-order valence-corrected chi connectivity index (χ1v) is 9.22. The van der Waals surface area contributed by atoms with Gasteiger partial charge in [-0.25, -0.2) is 4.79 Å². The maximum Gasteiger partial charge on any atom is 0.326 e. The molecular formula is C17H29N5O8. The maximum absolute atomic E-state index is 12.6. The number of amides is 4. The molecule has 30 heavy (non-hydrogen) atoms. The molecule has 0 aromatic rings. The summed E-state index contributed by atoms with van der Waals surface area (Å²) in [5.74, 6) is -6.20. The summed E-state index contributed by atoms with van der Waals surface area (Å²) in [6.45, 7) is 2.69. The fraction of sp³-hybridized carbons (Fsp3) is 0.647. The number of aliphatic carboxylic acids is 2. The Bertz CT molecular complexity index is 667. The Morgan fingerprint density at radius 3 is 1.77 bits per heavy atom. The third-order valence-corrected chi connectivity index (χ3v) is 4.03. The molecule has 0 rings (SSSR count). The second-order valence-electron chi connectivity index (χ2n) is 6.89. The Kier molecular flexibility index (Phi) is 11.7. The van der Waals surface area contributed by atoms with Crippen molar-refractivity contribution in [2.45, 2.75) is 57.7 Å². The Balaban J connectivity index is 5.45. The molecule has 0 saturated carbocycles. The molecule has 3 unspecified atom stereocenters. The van der Waals surface area contributed by atoms with E-state index in [0.717, 1.165) is 0 Å². The number of hydrogen-bond acceptors (Lipinski definition) is 7. The molecule has 0 aliphatic carbocycles. The van der Waals surface area contributed by atoms with E-state index in [-0.39, 0.29) is 19.3 Å². The number of carboxylic acids is 2. The highest BCUT2D eigenvalue weighted by Gasteiger charge is 2.31. The lowest BCUT2D eigenvalue weighted by atomic mass is 10.0. The van der Waals surface area contributed by atoms with E-state index in [1.165, 1.54) is 0 Å². The summed E-state index contributed by atoms with van der Waals surface area (Å²) in [6, 6.07) is -3.90. The van der Waals surface area contributed by atoms with Gasteiger partial charge < -0.3 is 37.6 Å². The van der Waals surface area contributed by atoms with Crippen LogP contribution in [0.2, 0.25) is 0 Å². The summed E-state index contributed by atoms with van der Waals surface area (Å²) in [5, 5.41) is 24.9. The number of nitrogens with two attached hydrogens (primary N) is 2. The van der Waals surface area contributed by atoms with Gasteiger partial charge in [0, 0.05) is 12.8 Å². The lowest BCUT2D eigenvalue weighted by molar-refractivity contribution is -0.144. The molecule has 0 radical (unpaired) electrons. The van der Waals surface area contributed by atoms with Gasteiger partial charge in [-0.1, -0.05) is 13.8 Å². The molecule has 170 valence electrons. The second-order valence-corrected chi connectivity index (χ2v) is 6.89. The van der Waals surface area contributed by atoms with Crippen molar-refractivity contribution in [3.05, 3.63) is 0 Å². The quantitative estimate of drug-likeness (QED) is 0.151. The molecule has 0 aromatic heterocycles. The number of primary amides is 1. The minimum atomic E-state index is -1.39. The van der Waals surface area contributed by atoms with Gasteiger partial charge >= 0.3 is 11.9 Å². The summed E-state index contributed by atoms with van der Waals surface area (Å²) in [6.07, 6.45) is -1.24. The lowest BCUT2D eigenvalue weighted by Crippen LogP contribution is -2.57.